The Morgan fingerprint density at radius 1 is 1.08 bits per heavy atom. The molecule has 0 aliphatic heterocycles. The summed E-state index contributed by atoms with van der Waals surface area (Å²) in [5, 5.41) is 39.6. The molecular formula is C16H19O7P. The molecule has 0 aliphatic carbocycles. The van der Waals surface area contributed by atoms with E-state index in [0.29, 0.717) is 5.56 Å². The molecule has 7 nitrogen and oxygen atoms in total. The van der Waals surface area contributed by atoms with Crippen LogP contribution in [0.3, 0.4) is 0 Å². The minimum Gasteiger partial charge on any atom is -0.508 e. The Morgan fingerprint density at radius 3 is 2.29 bits per heavy atom. The van der Waals surface area contributed by atoms with Crippen LogP contribution in [0.5, 0.6) is 11.5 Å². The summed E-state index contributed by atoms with van der Waals surface area (Å²) in [7, 11) is -4.82. The molecule has 0 saturated carbocycles. The standard InChI is InChI=1S/C16H19O7P/c1-10(11-4-2-5-12(17)8-11)9-16(19,20)15-13(18)6-3-7-14(15)24(21,22)23/h2-8,10,17-20H,9H2,1H3,(H2,21,22,23). The van der Waals surface area contributed by atoms with Crippen LogP contribution in [0.4, 0.5) is 0 Å². The number of hydrogen-bond donors (Lipinski definition) is 6. The second-order valence-electron chi connectivity index (χ2n) is 5.73. The summed E-state index contributed by atoms with van der Waals surface area (Å²) < 4.78 is 11.6. The van der Waals surface area contributed by atoms with Gasteiger partial charge in [-0.1, -0.05) is 25.1 Å². The summed E-state index contributed by atoms with van der Waals surface area (Å²) >= 11 is 0. The highest BCUT2D eigenvalue weighted by Crippen LogP contribution is 2.42. The van der Waals surface area contributed by atoms with Gasteiger partial charge in [-0.05, 0) is 35.7 Å². The number of aromatic hydroxyl groups is 2. The molecule has 0 radical (unpaired) electrons. The molecule has 24 heavy (non-hydrogen) atoms. The van der Waals surface area contributed by atoms with Gasteiger partial charge in [0.05, 0.1) is 10.9 Å². The fourth-order valence-electron chi connectivity index (χ4n) is 2.66. The van der Waals surface area contributed by atoms with E-state index in [1.807, 2.05) is 0 Å². The van der Waals surface area contributed by atoms with Crippen molar-refractivity contribution in [2.45, 2.75) is 25.0 Å². The number of hydrogen-bond acceptors (Lipinski definition) is 5. The van der Waals surface area contributed by atoms with Crippen molar-refractivity contribution in [2.75, 3.05) is 0 Å². The summed E-state index contributed by atoms with van der Waals surface area (Å²) in [6.45, 7) is 1.66. The van der Waals surface area contributed by atoms with Gasteiger partial charge in [0.2, 0.25) is 0 Å². The predicted molar refractivity (Wildman–Crippen MR) is 87.0 cm³/mol. The molecule has 0 aliphatic rings. The number of aliphatic hydroxyl groups is 2. The maximum atomic E-state index is 11.6. The van der Waals surface area contributed by atoms with Crippen LogP contribution >= 0.6 is 7.60 Å². The van der Waals surface area contributed by atoms with Gasteiger partial charge in [-0.3, -0.25) is 4.57 Å². The highest BCUT2D eigenvalue weighted by atomic mass is 31.2. The van der Waals surface area contributed by atoms with Crippen LogP contribution in [0.25, 0.3) is 0 Å². The fourth-order valence-corrected chi connectivity index (χ4v) is 3.52. The van der Waals surface area contributed by atoms with Gasteiger partial charge < -0.3 is 30.2 Å². The normalized spacial score (nSPS) is 13.7. The van der Waals surface area contributed by atoms with Crippen molar-refractivity contribution in [3.8, 4) is 11.5 Å². The quantitative estimate of drug-likeness (QED) is 0.351. The SMILES string of the molecule is CC(CC(O)(O)c1c(O)cccc1P(=O)(O)O)c1cccc(O)c1. The first-order valence-corrected chi connectivity index (χ1v) is 8.76. The second kappa shape index (κ2) is 6.55. The average Bonchev–Trinajstić information content (AvgIpc) is 2.45. The van der Waals surface area contributed by atoms with Gasteiger partial charge in [-0.15, -0.1) is 0 Å². The van der Waals surface area contributed by atoms with Crippen LogP contribution in [0, 0.1) is 0 Å². The van der Waals surface area contributed by atoms with Crippen molar-refractivity contribution in [3.63, 3.8) is 0 Å². The molecule has 2 aromatic rings. The molecule has 8 heteroatoms. The van der Waals surface area contributed by atoms with Gasteiger partial charge in [0.15, 0.2) is 5.79 Å². The number of rotatable bonds is 5. The third kappa shape index (κ3) is 3.95. The van der Waals surface area contributed by atoms with Gasteiger partial charge in [-0.25, -0.2) is 0 Å². The molecule has 0 aromatic heterocycles. The first-order chi connectivity index (χ1) is 11.0. The van der Waals surface area contributed by atoms with E-state index in [-0.39, 0.29) is 12.2 Å². The third-order valence-corrected chi connectivity index (χ3v) is 4.77. The van der Waals surface area contributed by atoms with Gasteiger partial charge in [0.25, 0.3) is 0 Å². The van der Waals surface area contributed by atoms with Crippen molar-refractivity contribution in [1.82, 2.24) is 0 Å². The molecule has 0 fully saturated rings. The molecule has 1 atom stereocenters. The van der Waals surface area contributed by atoms with Crippen molar-refractivity contribution in [1.29, 1.82) is 0 Å². The molecule has 6 N–H and O–H groups in total. The van der Waals surface area contributed by atoms with E-state index < -0.39 is 35.9 Å². The fraction of sp³-hybridized carbons (Fsp3) is 0.250. The van der Waals surface area contributed by atoms with Crippen LogP contribution < -0.4 is 5.30 Å². The van der Waals surface area contributed by atoms with Crippen LogP contribution in [0.15, 0.2) is 42.5 Å². The zero-order valence-corrected chi connectivity index (χ0v) is 13.8. The number of phenols is 2. The Balaban J connectivity index is 2.43. The van der Waals surface area contributed by atoms with E-state index >= 15 is 0 Å². The molecule has 0 bridgehead atoms. The monoisotopic (exact) mass is 354 g/mol. The minimum absolute atomic E-state index is 0.0132. The van der Waals surface area contributed by atoms with Crippen molar-refractivity contribution in [2.24, 2.45) is 0 Å². The van der Waals surface area contributed by atoms with Crippen molar-refractivity contribution in [3.05, 3.63) is 53.6 Å². The van der Waals surface area contributed by atoms with Crippen LogP contribution in [-0.4, -0.2) is 30.2 Å². The van der Waals surface area contributed by atoms with Crippen LogP contribution in [0.2, 0.25) is 0 Å². The molecule has 2 aromatic carbocycles. The molecule has 0 amide bonds. The largest absolute Gasteiger partial charge is 0.508 e. The summed E-state index contributed by atoms with van der Waals surface area (Å²) in [4.78, 5) is 18.8. The summed E-state index contributed by atoms with van der Waals surface area (Å²) in [6.07, 6.45) is -0.346. The number of phenolic OH excluding ortho intramolecular Hbond substituents is 2. The average molecular weight is 354 g/mol. The highest BCUT2D eigenvalue weighted by Gasteiger charge is 2.38. The van der Waals surface area contributed by atoms with E-state index in [9.17, 15) is 34.8 Å². The lowest BCUT2D eigenvalue weighted by molar-refractivity contribution is -0.177. The number of benzene rings is 2. The van der Waals surface area contributed by atoms with Crippen LogP contribution in [0.1, 0.15) is 30.4 Å². The van der Waals surface area contributed by atoms with E-state index in [1.165, 1.54) is 18.2 Å². The van der Waals surface area contributed by atoms with Crippen LogP contribution in [-0.2, 0) is 10.4 Å². The summed E-state index contributed by atoms with van der Waals surface area (Å²) in [5.41, 5.74) is -0.0130. The van der Waals surface area contributed by atoms with Gasteiger partial charge in [0.1, 0.15) is 11.5 Å². The molecule has 1 unspecified atom stereocenters. The van der Waals surface area contributed by atoms with Gasteiger partial charge >= 0.3 is 7.60 Å². The lowest BCUT2D eigenvalue weighted by Gasteiger charge is -2.28. The molecular weight excluding hydrogens is 335 g/mol. The van der Waals surface area contributed by atoms with E-state index in [1.54, 1.807) is 19.1 Å². The third-order valence-electron chi connectivity index (χ3n) is 3.76. The first-order valence-electron chi connectivity index (χ1n) is 7.14. The molecule has 0 spiro atoms. The van der Waals surface area contributed by atoms with Gasteiger partial charge in [-0.2, -0.15) is 0 Å². The molecule has 0 saturated heterocycles. The summed E-state index contributed by atoms with van der Waals surface area (Å²) in [6, 6.07) is 9.56. The van der Waals surface area contributed by atoms with E-state index in [4.69, 9.17) is 0 Å². The topological polar surface area (TPSA) is 138 Å². The molecule has 0 heterocycles. The zero-order valence-electron chi connectivity index (χ0n) is 12.9. The van der Waals surface area contributed by atoms with E-state index in [0.717, 1.165) is 12.1 Å². The Bertz CT molecular complexity index is 782. The summed E-state index contributed by atoms with van der Waals surface area (Å²) in [5.74, 6) is -3.76. The smallest absolute Gasteiger partial charge is 0.356 e. The Morgan fingerprint density at radius 2 is 1.71 bits per heavy atom. The lowest BCUT2D eigenvalue weighted by atomic mass is 9.89. The zero-order chi connectivity index (χ0) is 18.1. The predicted octanol–water partition coefficient (Wildman–Crippen LogP) is 1.23. The van der Waals surface area contributed by atoms with Crippen molar-refractivity contribution < 1.29 is 34.8 Å². The minimum atomic E-state index is -4.82. The van der Waals surface area contributed by atoms with Crippen molar-refractivity contribution >= 4 is 12.9 Å². The van der Waals surface area contributed by atoms with Gasteiger partial charge in [0, 0.05) is 6.42 Å². The second-order valence-corrected chi connectivity index (χ2v) is 7.30. The lowest BCUT2D eigenvalue weighted by Crippen LogP contribution is -2.33. The molecule has 2 rings (SSSR count). The Hall–Kier alpha value is -1.89. The maximum Gasteiger partial charge on any atom is 0.356 e. The Kier molecular flexibility index (Phi) is 5.03. The Labute approximate surface area is 138 Å². The van der Waals surface area contributed by atoms with E-state index in [2.05, 4.69) is 0 Å². The molecule has 130 valence electrons. The maximum absolute atomic E-state index is 11.6. The highest BCUT2D eigenvalue weighted by molar-refractivity contribution is 7.60. The first kappa shape index (κ1) is 18.4.